The number of ether oxygens (including phenoxy) is 2. The number of benzene rings is 1. The lowest BCUT2D eigenvalue weighted by Gasteiger charge is -2.27. The van der Waals surface area contributed by atoms with Crippen LogP contribution in [0.1, 0.15) is 46.1 Å². The topological polar surface area (TPSA) is 55.8 Å². The van der Waals surface area contributed by atoms with E-state index >= 15 is 0 Å². The number of amides is 1. The fraction of sp³-hybridized carbons (Fsp3) is 0.579. The molecular weight excluding hydrogens is 325 g/mol. The molecule has 0 aliphatic carbocycles. The van der Waals surface area contributed by atoms with Crippen LogP contribution in [0.3, 0.4) is 0 Å². The maximum absolute atomic E-state index is 14.8. The molecule has 2 rings (SSSR count). The molecule has 1 aromatic carbocycles. The van der Waals surface area contributed by atoms with Crippen molar-refractivity contribution in [3.63, 3.8) is 0 Å². The van der Waals surface area contributed by atoms with E-state index in [4.69, 9.17) is 9.47 Å². The Labute approximate surface area is 148 Å². The molecule has 0 aromatic heterocycles. The molecule has 0 spiro atoms. The molecule has 0 bridgehead atoms. The SMILES string of the molecule is CC[C@@]1(F)C[C@@H](C(=O)OCc2ccccc2)N(C(=O)OC(C)(C)C)C1. The van der Waals surface area contributed by atoms with Crippen LogP contribution in [0.5, 0.6) is 0 Å². The molecular formula is C19H26FNO4. The quantitative estimate of drug-likeness (QED) is 0.773. The van der Waals surface area contributed by atoms with Gasteiger partial charge in [-0.15, -0.1) is 0 Å². The maximum Gasteiger partial charge on any atom is 0.411 e. The van der Waals surface area contributed by atoms with E-state index in [9.17, 15) is 14.0 Å². The fourth-order valence-corrected chi connectivity index (χ4v) is 2.74. The number of carbonyl (C=O) groups excluding carboxylic acids is 2. The van der Waals surface area contributed by atoms with Crippen LogP contribution in [-0.2, 0) is 20.9 Å². The van der Waals surface area contributed by atoms with Crippen molar-refractivity contribution in [2.24, 2.45) is 0 Å². The molecule has 6 heteroatoms. The Bertz CT molecular complexity index is 614. The summed E-state index contributed by atoms with van der Waals surface area (Å²) in [6.07, 6.45) is -0.548. The molecule has 1 aromatic rings. The molecule has 1 aliphatic rings. The summed E-state index contributed by atoms with van der Waals surface area (Å²) in [6, 6.07) is 8.25. The molecule has 0 saturated carbocycles. The lowest BCUT2D eigenvalue weighted by atomic mass is 9.99. The second-order valence-electron chi connectivity index (χ2n) is 7.43. The monoisotopic (exact) mass is 351 g/mol. The summed E-state index contributed by atoms with van der Waals surface area (Å²) in [5, 5.41) is 0. The highest BCUT2D eigenvalue weighted by molar-refractivity contribution is 5.82. The van der Waals surface area contributed by atoms with Crippen molar-refractivity contribution in [2.45, 2.75) is 64.5 Å². The zero-order valence-electron chi connectivity index (χ0n) is 15.3. The van der Waals surface area contributed by atoms with E-state index in [2.05, 4.69) is 0 Å². The third kappa shape index (κ3) is 5.18. The van der Waals surface area contributed by atoms with Gasteiger partial charge in [0.25, 0.3) is 0 Å². The second kappa shape index (κ2) is 7.42. The Morgan fingerprint density at radius 2 is 1.92 bits per heavy atom. The zero-order chi connectivity index (χ0) is 18.7. The van der Waals surface area contributed by atoms with E-state index in [-0.39, 0.29) is 26.0 Å². The Kier molecular flexibility index (Phi) is 5.70. The number of rotatable bonds is 4. The van der Waals surface area contributed by atoms with Gasteiger partial charge in [0.15, 0.2) is 0 Å². The molecule has 1 aliphatic heterocycles. The van der Waals surface area contributed by atoms with Crippen molar-refractivity contribution in [2.75, 3.05) is 6.54 Å². The third-order valence-corrected chi connectivity index (χ3v) is 4.15. The molecule has 2 atom stereocenters. The van der Waals surface area contributed by atoms with Crippen LogP contribution in [0.2, 0.25) is 0 Å². The van der Waals surface area contributed by atoms with Crippen LogP contribution in [0.15, 0.2) is 30.3 Å². The highest BCUT2D eigenvalue weighted by atomic mass is 19.1. The van der Waals surface area contributed by atoms with Crippen molar-refractivity contribution in [3.8, 4) is 0 Å². The van der Waals surface area contributed by atoms with E-state index in [0.29, 0.717) is 0 Å². The largest absolute Gasteiger partial charge is 0.459 e. The molecule has 1 saturated heterocycles. The number of nitrogens with zero attached hydrogens (tertiary/aromatic N) is 1. The molecule has 5 nitrogen and oxygen atoms in total. The van der Waals surface area contributed by atoms with Gasteiger partial charge in [-0.1, -0.05) is 37.3 Å². The summed E-state index contributed by atoms with van der Waals surface area (Å²) in [5.74, 6) is -0.609. The predicted molar refractivity (Wildman–Crippen MR) is 91.7 cm³/mol. The predicted octanol–water partition coefficient (Wildman–Crippen LogP) is 3.86. The molecule has 0 unspecified atom stereocenters. The number of halogens is 1. The van der Waals surface area contributed by atoms with Crippen LogP contribution >= 0.6 is 0 Å². The van der Waals surface area contributed by atoms with Crippen molar-refractivity contribution in [3.05, 3.63) is 35.9 Å². The number of esters is 1. The van der Waals surface area contributed by atoms with E-state index in [1.54, 1.807) is 27.7 Å². The van der Waals surface area contributed by atoms with E-state index in [0.717, 1.165) is 10.5 Å². The van der Waals surface area contributed by atoms with Crippen LogP contribution in [-0.4, -0.2) is 40.8 Å². The van der Waals surface area contributed by atoms with Crippen LogP contribution in [0.25, 0.3) is 0 Å². The molecule has 138 valence electrons. The van der Waals surface area contributed by atoms with Gasteiger partial charge in [-0.05, 0) is 32.8 Å². The first-order valence-corrected chi connectivity index (χ1v) is 8.53. The van der Waals surface area contributed by atoms with E-state index in [1.807, 2.05) is 30.3 Å². The number of hydrogen-bond donors (Lipinski definition) is 0. The molecule has 25 heavy (non-hydrogen) atoms. The minimum atomic E-state index is -1.60. The van der Waals surface area contributed by atoms with E-state index in [1.165, 1.54) is 0 Å². The highest BCUT2D eigenvalue weighted by Gasteiger charge is 2.50. The summed E-state index contributed by atoms with van der Waals surface area (Å²) >= 11 is 0. The van der Waals surface area contributed by atoms with Crippen molar-refractivity contribution in [1.82, 2.24) is 4.90 Å². The molecule has 1 heterocycles. The summed E-state index contributed by atoms with van der Waals surface area (Å²) in [7, 11) is 0. The normalized spacial score (nSPS) is 23.4. The summed E-state index contributed by atoms with van der Waals surface area (Å²) < 4.78 is 25.4. The minimum absolute atomic E-state index is 0.0730. The number of alkyl halides is 1. The first-order valence-electron chi connectivity index (χ1n) is 8.53. The van der Waals surface area contributed by atoms with Gasteiger partial charge < -0.3 is 9.47 Å². The van der Waals surface area contributed by atoms with Crippen LogP contribution in [0.4, 0.5) is 9.18 Å². The van der Waals surface area contributed by atoms with Gasteiger partial charge in [0.1, 0.15) is 23.9 Å². The standard InChI is InChI=1S/C19H26FNO4/c1-5-19(20)11-15(21(13-19)17(23)25-18(2,3)4)16(22)24-12-14-9-7-6-8-10-14/h6-10,15H,5,11-13H2,1-4H3/t15-,19+/m0/s1. The lowest BCUT2D eigenvalue weighted by molar-refractivity contribution is -0.150. The minimum Gasteiger partial charge on any atom is -0.459 e. The number of likely N-dealkylation sites (tertiary alicyclic amines) is 1. The number of carbonyl (C=O) groups is 2. The summed E-state index contributed by atoms with van der Waals surface area (Å²) in [4.78, 5) is 26.0. The van der Waals surface area contributed by atoms with Gasteiger partial charge in [0.2, 0.25) is 0 Å². The molecule has 1 amide bonds. The van der Waals surface area contributed by atoms with Gasteiger partial charge >= 0.3 is 12.1 Å². The fourth-order valence-electron chi connectivity index (χ4n) is 2.74. The van der Waals surface area contributed by atoms with Gasteiger partial charge in [-0.25, -0.2) is 14.0 Å². The van der Waals surface area contributed by atoms with Gasteiger partial charge in [0, 0.05) is 6.42 Å². The van der Waals surface area contributed by atoms with Gasteiger partial charge in [-0.3, -0.25) is 4.90 Å². The third-order valence-electron chi connectivity index (χ3n) is 4.15. The average molecular weight is 351 g/mol. The lowest BCUT2D eigenvalue weighted by Crippen LogP contribution is -2.44. The molecule has 0 N–H and O–H groups in total. The highest BCUT2D eigenvalue weighted by Crippen LogP contribution is 2.35. The van der Waals surface area contributed by atoms with Crippen molar-refractivity contribution >= 4 is 12.1 Å². The molecule has 1 fully saturated rings. The maximum atomic E-state index is 14.8. The van der Waals surface area contributed by atoms with Crippen LogP contribution < -0.4 is 0 Å². The first kappa shape index (κ1) is 19.2. The molecule has 0 radical (unpaired) electrons. The zero-order valence-corrected chi connectivity index (χ0v) is 15.3. The Hall–Kier alpha value is -2.11. The Balaban J connectivity index is 2.08. The summed E-state index contributed by atoms with van der Waals surface area (Å²) in [6.45, 7) is 6.81. The number of hydrogen-bond acceptors (Lipinski definition) is 4. The van der Waals surface area contributed by atoms with Crippen molar-refractivity contribution < 1.29 is 23.5 Å². The van der Waals surface area contributed by atoms with Crippen LogP contribution in [0, 0.1) is 0 Å². The van der Waals surface area contributed by atoms with Crippen molar-refractivity contribution in [1.29, 1.82) is 0 Å². The smallest absolute Gasteiger partial charge is 0.411 e. The first-order chi connectivity index (χ1) is 11.6. The summed E-state index contributed by atoms with van der Waals surface area (Å²) in [5.41, 5.74) is -1.49. The Morgan fingerprint density at radius 3 is 2.48 bits per heavy atom. The average Bonchev–Trinajstić information content (AvgIpc) is 2.91. The van der Waals surface area contributed by atoms with E-state index < -0.39 is 29.4 Å². The second-order valence-corrected chi connectivity index (χ2v) is 7.43. The Morgan fingerprint density at radius 1 is 1.28 bits per heavy atom. The van der Waals surface area contributed by atoms with Gasteiger partial charge in [0.05, 0.1) is 6.54 Å². The van der Waals surface area contributed by atoms with Gasteiger partial charge in [-0.2, -0.15) is 0 Å².